The largest absolute Gasteiger partial charge is 0.491 e. The number of aromatic carboxylic acids is 1. The predicted molar refractivity (Wildman–Crippen MR) is 126 cm³/mol. The lowest BCUT2D eigenvalue weighted by Crippen LogP contribution is -2.36. The van der Waals surface area contributed by atoms with Gasteiger partial charge < -0.3 is 19.1 Å². The average molecular weight is 473 g/mol. The van der Waals surface area contributed by atoms with Crippen LogP contribution in [-0.2, 0) is 11.3 Å². The predicted octanol–water partition coefficient (Wildman–Crippen LogP) is 4.91. The van der Waals surface area contributed by atoms with Gasteiger partial charge in [-0.05, 0) is 74.7 Å². The van der Waals surface area contributed by atoms with E-state index in [1.165, 1.54) is 23.8 Å². The second kappa shape index (κ2) is 11.0. The molecule has 2 aromatic carbocycles. The third-order valence-corrected chi connectivity index (χ3v) is 6.44. The van der Waals surface area contributed by atoms with Crippen LogP contribution in [0.5, 0.6) is 5.75 Å². The Morgan fingerprint density at radius 3 is 2.65 bits per heavy atom. The van der Waals surface area contributed by atoms with E-state index in [0.717, 1.165) is 42.9 Å². The molecule has 2 heterocycles. The molecule has 4 rings (SSSR count). The number of carbonyl (C=O) groups is 1. The molecule has 3 aromatic rings. The van der Waals surface area contributed by atoms with Crippen molar-refractivity contribution in [2.75, 3.05) is 39.5 Å². The Morgan fingerprint density at radius 2 is 1.91 bits per heavy atom. The summed E-state index contributed by atoms with van der Waals surface area (Å²) in [4.78, 5) is 13.6. The first-order chi connectivity index (χ1) is 16.5. The van der Waals surface area contributed by atoms with E-state index in [-0.39, 0.29) is 18.2 Å². The van der Waals surface area contributed by atoms with Crippen molar-refractivity contribution in [2.45, 2.75) is 32.2 Å². The van der Waals surface area contributed by atoms with E-state index in [0.29, 0.717) is 32.2 Å². The van der Waals surface area contributed by atoms with E-state index in [1.54, 1.807) is 6.07 Å². The van der Waals surface area contributed by atoms with Crippen molar-refractivity contribution < 1.29 is 28.2 Å². The molecule has 0 saturated carbocycles. The molecule has 0 aliphatic carbocycles. The van der Waals surface area contributed by atoms with Gasteiger partial charge in [0.1, 0.15) is 29.6 Å². The molecule has 1 saturated heterocycles. The zero-order valence-electron chi connectivity index (χ0n) is 19.3. The van der Waals surface area contributed by atoms with Crippen LogP contribution in [0, 0.1) is 11.6 Å². The van der Waals surface area contributed by atoms with Crippen molar-refractivity contribution in [1.82, 2.24) is 9.47 Å². The Balaban J connectivity index is 1.36. The van der Waals surface area contributed by atoms with Gasteiger partial charge in [-0.15, -0.1) is 0 Å². The van der Waals surface area contributed by atoms with Gasteiger partial charge in [0.15, 0.2) is 0 Å². The number of nitrogens with zero attached hydrogens (tertiary/aromatic N) is 2. The highest BCUT2D eigenvalue weighted by Crippen LogP contribution is 2.35. The number of benzene rings is 2. The molecule has 8 heteroatoms. The molecule has 182 valence electrons. The summed E-state index contributed by atoms with van der Waals surface area (Å²) in [7, 11) is 0. The number of hydrogen-bond acceptors (Lipinski definition) is 4. The second-order valence-electron chi connectivity index (χ2n) is 8.52. The molecular formula is C26H30F2N2O4. The van der Waals surface area contributed by atoms with Crippen LogP contribution in [0.15, 0.2) is 42.6 Å². The topological polar surface area (TPSA) is 63.9 Å². The van der Waals surface area contributed by atoms with Gasteiger partial charge in [0, 0.05) is 31.3 Å². The minimum Gasteiger partial charge on any atom is -0.491 e. The van der Waals surface area contributed by atoms with E-state index in [1.807, 2.05) is 13.0 Å². The Labute approximate surface area is 197 Å². The molecule has 1 aliphatic heterocycles. The van der Waals surface area contributed by atoms with Crippen molar-refractivity contribution in [3.63, 3.8) is 0 Å². The van der Waals surface area contributed by atoms with Crippen molar-refractivity contribution in [1.29, 1.82) is 0 Å². The van der Waals surface area contributed by atoms with Gasteiger partial charge in [-0.2, -0.15) is 0 Å². The van der Waals surface area contributed by atoms with Crippen LogP contribution in [0.25, 0.3) is 10.9 Å². The van der Waals surface area contributed by atoms with Gasteiger partial charge in [-0.1, -0.05) is 6.07 Å². The number of aromatic nitrogens is 1. The summed E-state index contributed by atoms with van der Waals surface area (Å²) < 4.78 is 40.9. The summed E-state index contributed by atoms with van der Waals surface area (Å²) >= 11 is 0. The Bertz CT molecular complexity index is 1140. The monoisotopic (exact) mass is 472 g/mol. The van der Waals surface area contributed by atoms with Gasteiger partial charge in [0.25, 0.3) is 0 Å². The number of halogens is 2. The van der Waals surface area contributed by atoms with Crippen molar-refractivity contribution in [3.8, 4) is 5.75 Å². The molecule has 0 amide bonds. The quantitative estimate of drug-likeness (QED) is 0.425. The molecule has 1 aromatic heterocycles. The minimum absolute atomic E-state index is 0.0504. The summed E-state index contributed by atoms with van der Waals surface area (Å²) in [6.07, 6.45) is 4.06. The summed E-state index contributed by atoms with van der Waals surface area (Å²) in [5.41, 5.74) is 1.71. The molecule has 0 spiro atoms. The van der Waals surface area contributed by atoms with E-state index in [9.17, 15) is 18.7 Å². The number of piperidine rings is 1. The van der Waals surface area contributed by atoms with Crippen molar-refractivity contribution in [2.24, 2.45) is 0 Å². The van der Waals surface area contributed by atoms with Crippen LogP contribution in [0.4, 0.5) is 8.78 Å². The van der Waals surface area contributed by atoms with Crippen LogP contribution in [0.2, 0.25) is 0 Å². The standard InChI is InChI=1S/C26H30F2N2O4/c1-2-33-14-13-30-17-21(20-7-6-19(27)16-23(20)30)18-8-10-29(11-9-18)12-15-34-24-5-3-4-22(28)25(24)26(31)32/h3-7,16-18H,2,8-15H2,1H3,(H,31,32). The fourth-order valence-electron chi connectivity index (χ4n) is 4.70. The number of likely N-dealkylation sites (tertiary alicyclic amines) is 1. The Kier molecular flexibility index (Phi) is 7.80. The molecule has 1 N–H and O–H groups in total. The maximum absolute atomic E-state index is 13.9. The molecule has 0 radical (unpaired) electrons. The van der Waals surface area contributed by atoms with Gasteiger partial charge in [0.2, 0.25) is 0 Å². The number of hydrogen-bond donors (Lipinski definition) is 1. The molecule has 1 fully saturated rings. The van der Waals surface area contributed by atoms with Crippen LogP contribution in [0.1, 0.15) is 41.6 Å². The van der Waals surface area contributed by atoms with Crippen LogP contribution in [-0.4, -0.2) is 60.0 Å². The lowest BCUT2D eigenvalue weighted by molar-refractivity contribution is 0.0685. The number of carboxylic acids is 1. The smallest absolute Gasteiger partial charge is 0.342 e. The third kappa shape index (κ3) is 5.39. The normalized spacial score (nSPS) is 15.1. The number of carboxylic acid groups (broad SMARTS) is 1. The van der Waals surface area contributed by atoms with Crippen LogP contribution < -0.4 is 4.74 Å². The number of ether oxygens (including phenoxy) is 2. The lowest BCUT2D eigenvalue weighted by atomic mass is 9.89. The van der Waals surface area contributed by atoms with Crippen molar-refractivity contribution >= 4 is 16.9 Å². The van der Waals surface area contributed by atoms with Crippen LogP contribution >= 0.6 is 0 Å². The fourth-order valence-corrected chi connectivity index (χ4v) is 4.70. The van der Waals surface area contributed by atoms with Gasteiger partial charge >= 0.3 is 5.97 Å². The van der Waals surface area contributed by atoms with E-state index < -0.39 is 17.3 Å². The molecule has 6 nitrogen and oxygen atoms in total. The highest BCUT2D eigenvalue weighted by molar-refractivity contribution is 5.91. The molecular weight excluding hydrogens is 442 g/mol. The zero-order valence-corrected chi connectivity index (χ0v) is 19.3. The summed E-state index contributed by atoms with van der Waals surface area (Å²) in [6, 6.07) is 9.01. The van der Waals surface area contributed by atoms with E-state index >= 15 is 0 Å². The maximum atomic E-state index is 13.9. The van der Waals surface area contributed by atoms with Gasteiger partial charge in [-0.25, -0.2) is 13.6 Å². The van der Waals surface area contributed by atoms with Crippen molar-refractivity contribution in [3.05, 3.63) is 65.4 Å². The number of fused-ring (bicyclic) bond motifs is 1. The summed E-state index contributed by atoms with van der Waals surface area (Å²) in [5, 5.41) is 10.3. The lowest BCUT2D eigenvalue weighted by Gasteiger charge is -2.31. The average Bonchev–Trinajstić information content (AvgIpc) is 3.17. The molecule has 0 atom stereocenters. The fraction of sp³-hybridized carbons (Fsp3) is 0.423. The SMILES string of the molecule is CCOCCn1cc(C2CCN(CCOc3cccc(F)c3C(=O)O)CC2)c2ccc(F)cc21. The van der Waals surface area contributed by atoms with Gasteiger partial charge in [0.05, 0.1) is 12.1 Å². The molecule has 0 unspecified atom stereocenters. The molecule has 1 aliphatic rings. The van der Waals surface area contributed by atoms with E-state index in [2.05, 4.69) is 15.7 Å². The highest BCUT2D eigenvalue weighted by atomic mass is 19.1. The third-order valence-electron chi connectivity index (χ3n) is 6.44. The second-order valence-corrected chi connectivity index (χ2v) is 8.52. The van der Waals surface area contributed by atoms with E-state index in [4.69, 9.17) is 9.47 Å². The Hall–Kier alpha value is -2.97. The number of rotatable bonds is 10. The first-order valence-corrected chi connectivity index (χ1v) is 11.7. The highest BCUT2D eigenvalue weighted by Gasteiger charge is 2.24. The first-order valence-electron chi connectivity index (χ1n) is 11.7. The maximum Gasteiger partial charge on any atom is 0.342 e. The van der Waals surface area contributed by atoms with Gasteiger partial charge in [-0.3, -0.25) is 4.90 Å². The Morgan fingerprint density at radius 1 is 1.12 bits per heavy atom. The summed E-state index contributed by atoms with van der Waals surface area (Å²) in [5.74, 6) is -1.95. The summed E-state index contributed by atoms with van der Waals surface area (Å²) in [6.45, 7) is 6.53. The van der Waals surface area contributed by atoms with Crippen LogP contribution in [0.3, 0.4) is 0 Å². The first kappa shape index (κ1) is 24.2. The molecule has 0 bridgehead atoms. The zero-order chi connectivity index (χ0) is 24.1. The molecule has 34 heavy (non-hydrogen) atoms. The minimum atomic E-state index is -1.34.